The van der Waals surface area contributed by atoms with Gasteiger partial charge in [-0.15, -0.1) is 0 Å². The van der Waals surface area contributed by atoms with Crippen LogP contribution in [0, 0.1) is 11.8 Å². The maximum atomic E-state index is 11.8. The number of aliphatic carboxylic acids is 2. The molecule has 23 heavy (non-hydrogen) atoms. The van der Waals surface area contributed by atoms with Gasteiger partial charge in [-0.25, -0.2) is 0 Å². The van der Waals surface area contributed by atoms with Crippen LogP contribution in [0.4, 0.5) is 0 Å². The summed E-state index contributed by atoms with van der Waals surface area (Å²) in [6, 6.07) is 0. The van der Waals surface area contributed by atoms with Gasteiger partial charge < -0.3 is 19.4 Å². The van der Waals surface area contributed by atoms with Crippen molar-refractivity contribution < 1.29 is 29.0 Å². The van der Waals surface area contributed by atoms with Crippen LogP contribution in [0.3, 0.4) is 0 Å². The molecule has 8 heteroatoms. The topological polar surface area (TPSA) is 101 Å². The molecule has 0 rings (SSSR count). The summed E-state index contributed by atoms with van der Waals surface area (Å²) >= 11 is 0. The van der Waals surface area contributed by atoms with Crippen LogP contribution in [0.5, 0.6) is 0 Å². The number of aldehydes is 1. The van der Waals surface area contributed by atoms with Gasteiger partial charge in [-0.3, -0.25) is 9.59 Å². The van der Waals surface area contributed by atoms with Crippen LogP contribution < -0.4 is 0 Å². The second kappa shape index (κ2) is 7.72. The molecule has 0 fully saturated rings. The van der Waals surface area contributed by atoms with Gasteiger partial charge in [0.05, 0.1) is 5.04 Å². The van der Waals surface area contributed by atoms with Crippen LogP contribution in [0.15, 0.2) is 0 Å². The fraction of sp³-hybridized carbons (Fsp3) is 0.800. The molecule has 0 amide bonds. The first-order chi connectivity index (χ1) is 10.2. The SMILES string of the molecule is CC(CC(=O)O)C([SiH3])(C(=O)O)C(C=O)CO[Si](C)(C)C(C)(C)C. The van der Waals surface area contributed by atoms with Gasteiger partial charge in [0, 0.05) is 29.2 Å². The Bertz CT molecular complexity index is 457. The summed E-state index contributed by atoms with van der Waals surface area (Å²) in [6.07, 6.45) is 0.340. The van der Waals surface area contributed by atoms with Crippen LogP contribution in [-0.4, -0.2) is 53.6 Å². The molecule has 0 aromatic heterocycles. The maximum absolute atomic E-state index is 11.8. The average Bonchev–Trinajstić information content (AvgIpc) is 2.36. The molecule has 6 nitrogen and oxygen atoms in total. The number of hydrogen-bond donors (Lipinski definition) is 2. The van der Waals surface area contributed by atoms with E-state index in [2.05, 4.69) is 20.8 Å². The molecule has 2 N–H and O–H groups in total. The van der Waals surface area contributed by atoms with Crippen LogP contribution in [0.1, 0.15) is 34.1 Å². The number of carbonyl (C=O) groups is 3. The lowest BCUT2D eigenvalue weighted by molar-refractivity contribution is -0.148. The zero-order chi connectivity index (χ0) is 18.6. The third-order valence-corrected chi connectivity index (χ3v) is 12.0. The number of carboxylic acid groups (broad SMARTS) is 2. The molecule has 134 valence electrons. The molecule has 3 atom stereocenters. The summed E-state index contributed by atoms with van der Waals surface area (Å²) in [5.41, 5.74) is 0. The van der Waals surface area contributed by atoms with E-state index < -0.39 is 37.1 Å². The molecule has 0 aromatic carbocycles. The zero-order valence-corrected chi connectivity index (χ0v) is 18.2. The van der Waals surface area contributed by atoms with E-state index in [-0.39, 0.29) is 28.3 Å². The Morgan fingerprint density at radius 1 is 1.26 bits per heavy atom. The van der Waals surface area contributed by atoms with Crippen LogP contribution in [0.25, 0.3) is 0 Å². The molecule has 0 saturated carbocycles. The van der Waals surface area contributed by atoms with E-state index in [9.17, 15) is 19.5 Å². The molecule has 3 unspecified atom stereocenters. The van der Waals surface area contributed by atoms with Gasteiger partial charge in [0.15, 0.2) is 8.32 Å². The van der Waals surface area contributed by atoms with Crippen molar-refractivity contribution in [3.63, 3.8) is 0 Å². The van der Waals surface area contributed by atoms with Gasteiger partial charge in [0.25, 0.3) is 0 Å². The predicted octanol–water partition coefficient (Wildman–Crippen LogP) is 1.54. The standard InChI is InChI=1S/C15H30O6Si2/c1-10(7-12(17)18)15(22,13(19)20)11(8-16)9-21-23(5,6)14(2,3)4/h8,10-11H,7,9H2,1-6,22H3,(H,17,18)(H,19,20). The maximum Gasteiger partial charge on any atom is 0.306 e. The Labute approximate surface area is 142 Å². The van der Waals surface area contributed by atoms with E-state index in [1.807, 2.05) is 13.1 Å². The minimum Gasteiger partial charge on any atom is -0.481 e. The lowest BCUT2D eigenvalue weighted by atomic mass is 9.80. The predicted molar refractivity (Wildman–Crippen MR) is 94.4 cm³/mol. The molecule has 0 heterocycles. The molecule has 0 aliphatic carbocycles. The Kier molecular flexibility index (Phi) is 7.38. The van der Waals surface area contributed by atoms with E-state index in [1.165, 1.54) is 0 Å². The van der Waals surface area contributed by atoms with E-state index in [4.69, 9.17) is 9.53 Å². The highest BCUT2D eigenvalue weighted by Crippen LogP contribution is 2.43. The molecule has 0 saturated heterocycles. The third-order valence-electron chi connectivity index (χ3n) is 5.33. The van der Waals surface area contributed by atoms with Gasteiger partial charge in [0.1, 0.15) is 6.29 Å². The zero-order valence-electron chi connectivity index (χ0n) is 15.2. The first kappa shape index (κ1) is 22.0. The second-order valence-electron chi connectivity index (χ2n) is 7.90. The average molecular weight is 363 g/mol. The van der Waals surface area contributed by atoms with E-state index >= 15 is 0 Å². The van der Waals surface area contributed by atoms with Crippen LogP contribution in [0.2, 0.25) is 23.2 Å². The van der Waals surface area contributed by atoms with Crippen molar-refractivity contribution in [2.45, 2.75) is 57.3 Å². The lowest BCUT2D eigenvalue weighted by Gasteiger charge is -2.40. The van der Waals surface area contributed by atoms with Gasteiger partial charge in [0.2, 0.25) is 0 Å². The normalized spacial score (nSPS) is 18.0. The van der Waals surface area contributed by atoms with E-state index in [0.29, 0.717) is 6.29 Å². The fourth-order valence-electron chi connectivity index (χ4n) is 2.08. The van der Waals surface area contributed by atoms with E-state index in [1.54, 1.807) is 6.92 Å². The lowest BCUT2D eigenvalue weighted by Crippen LogP contribution is -2.46. The molecule has 0 bridgehead atoms. The largest absolute Gasteiger partial charge is 0.481 e. The van der Waals surface area contributed by atoms with Crippen molar-refractivity contribution >= 4 is 36.8 Å². The molecule has 0 aliphatic heterocycles. The van der Waals surface area contributed by atoms with Gasteiger partial charge >= 0.3 is 11.9 Å². The number of carbonyl (C=O) groups excluding carboxylic acids is 1. The van der Waals surface area contributed by atoms with Crippen molar-refractivity contribution in [1.82, 2.24) is 0 Å². The molecular formula is C15H30O6Si2. The number of carboxylic acids is 2. The fourth-order valence-corrected chi connectivity index (χ4v) is 3.61. The number of rotatable bonds is 9. The van der Waals surface area contributed by atoms with Crippen molar-refractivity contribution in [3.05, 3.63) is 0 Å². The monoisotopic (exact) mass is 362 g/mol. The first-order valence-corrected chi connectivity index (χ1v) is 11.7. The highest BCUT2D eigenvalue weighted by atomic mass is 28.4. The van der Waals surface area contributed by atoms with Crippen LogP contribution in [-0.2, 0) is 18.8 Å². The quantitative estimate of drug-likeness (QED) is 0.477. The Morgan fingerprint density at radius 2 is 1.74 bits per heavy atom. The van der Waals surface area contributed by atoms with Crippen molar-refractivity contribution in [2.75, 3.05) is 6.61 Å². The molecule has 0 spiro atoms. The molecule has 0 aromatic rings. The minimum atomic E-state index is -2.12. The summed E-state index contributed by atoms with van der Waals surface area (Å²) in [7, 11) is -1.95. The van der Waals surface area contributed by atoms with Crippen molar-refractivity contribution in [2.24, 2.45) is 11.8 Å². The summed E-state index contributed by atoms with van der Waals surface area (Å²) < 4.78 is 6.02. The molecule has 0 radical (unpaired) electrons. The number of hydrogen-bond acceptors (Lipinski definition) is 4. The van der Waals surface area contributed by atoms with Gasteiger partial charge in [-0.05, 0) is 24.1 Å². The Morgan fingerprint density at radius 3 is 2.04 bits per heavy atom. The first-order valence-electron chi connectivity index (χ1n) is 7.74. The van der Waals surface area contributed by atoms with Gasteiger partial charge in [-0.2, -0.15) is 0 Å². The minimum absolute atomic E-state index is 0.0275. The molecule has 0 aliphatic rings. The highest BCUT2D eigenvalue weighted by molar-refractivity contribution is 6.74. The Hall–Kier alpha value is -0.996. The smallest absolute Gasteiger partial charge is 0.306 e. The summed E-state index contributed by atoms with van der Waals surface area (Å²) in [4.78, 5) is 34.3. The van der Waals surface area contributed by atoms with E-state index in [0.717, 1.165) is 0 Å². The van der Waals surface area contributed by atoms with Crippen LogP contribution >= 0.6 is 0 Å². The van der Waals surface area contributed by atoms with Gasteiger partial charge in [-0.1, -0.05) is 27.7 Å². The summed E-state index contributed by atoms with van der Waals surface area (Å²) in [5.74, 6) is -3.65. The van der Waals surface area contributed by atoms with Crippen molar-refractivity contribution in [1.29, 1.82) is 0 Å². The van der Waals surface area contributed by atoms with Crippen molar-refractivity contribution in [3.8, 4) is 0 Å². The highest BCUT2D eigenvalue weighted by Gasteiger charge is 2.48. The molecular weight excluding hydrogens is 332 g/mol. The third kappa shape index (κ3) is 5.25. The summed E-state index contributed by atoms with van der Waals surface area (Å²) in [6.45, 7) is 11.9. The second-order valence-corrected chi connectivity index (χ2v) is 14.4. The Balaban J connectivity index is 5.40. The summed E-state index contributed by atoms with van der Waals surface area (Å²) in [5, 5.41) is 17.2.